The van der Waals surface area contributed by atoms with E-state index in [0.717, 1.165) is 34.2 Å². The van der Waals surface area contributed by atoms with Crippen molar-refractivity contribution >= 4 is 0 Å². The predicted molar refractivity (Wildman–Crippen MR) is 233 cm³/mol. The summed E-state index contributed by atoms with van der Waals surface area (Å²) in [5.74, 6) is 2.82. The van der Waals surface area contributed by atoms with Crippen LogP contribution in [0, 0.1) is 39.0 Å². The second kappa shape index (κ2) is 19.2. The summed E-state index contributed by atoms with van der Waals surface area (Å²) in [6.45, 7) is 6.38. The molecule has 0 unspecified atom stereocenters. The van der Waals surface area contributed by atoms with Crippen LogP contribution in [-0.2, 0) is 41.2 Å². The van der Waals surface area contributed by atoms with Gasteiger partial charge in [0.25, 0.3) is 0 Å². The first kappa shape index (κ1) is 41.2. The molecule has 0 radical (unpaired) electrons. The Labute approximate surface area is 355 Å². The molecule has 0 fully saturated rings. The Morgan fingerprint density at radius 1 is 0.379 bits per heavy atom. The van der Waals surface area contributed by atoms with Crippen molar-refractivity contribution in [2.24, 2.45) is 21.1 Å². The van der Waals surface area contributed by atoms with Gasteiger partial charge in [0.05, 0.1) is 17.5 Å². The van der Waals surface area contributed by atoms with Gasteiger partial charge >= 0.3 is 20.1 Å². The molecular weight excluding hydrogens is 889 g/mol. The van der Waals surface area contributed by atoms with Gasteiger partial charge < -0.3 is 13.7 Å². The summed E-state index contributed by atoms with van der Waals surface area (Å²) in [7, 11) is 5.97. The van der Waals surface area contributed by atoms with E-state index < -0.39 is 0 Å². The molecule has 6 aromatic carbocycles. The number of hydrogen-bond donors (Lipinski definition) is 0. The summed E-state index contributed by atoms with van der Waals surface area (Å²) in [5.41, 5.74) is 14.2. The molecule has 9 aromatic rings. The molecule has 0 aliphatic heterocycles. The fourth-order valence-electron chi connectivity index (χ4n) is 6.76. The maximum absolute atomic E-state index is 4.34. The number of nitrogens with zero attached hydrogens (tertiary/aromatic N) is 6. The van der Waals surface area contributed by atoms with Gasteiger partial charge in [-0.2, -0.15) is 0 Å². The second-order valence-electron chi connectivity index (χ2n) is 14.0. The van der Waals surface area contributed by atoms with Crippen LogP contribution in [0.15, 0.2) is 165 Å². The van der Waals surface area contributed by atoms with E-state index in [1.54, 1.807) is 18.6 Å². The van der Waals surface area contributed by atoms with E-state index in [2.05, 4.69) is 163 Å². The van der Waals surface area contributed by atoms with Gasteiger partial charge in [0, 0.05) is 58.3 Å². The SMILES string of the molecule is Cc1ccccc1-c1c[c-]c(-c2nccn2C)cc1.Cc1ccccc1-c1c[c-]c(-c2nccn2C)cc1.Cc1ccccc1-c1c[c-]c(-c2nccn2C)cc1.[Ir+3]. The quantitative estimate of drug-likeness (QED) is 0.156. The average molecular weight is 934 g/mol. The molecule has 0 saturated heterocycles. The van der Waals surface area contributed by atoms with Gasteiger partial charge in [-0.05, 0) is 20.8 Å². The van der Waals surface area contributed by atoms with Gasteiger partial charge in [-0.15, -0.1) is 89.5 Å². The smallest absolute Gasteiger partial charge is 0.373 e. The number of benzene rings is 6. The van der Waals surface area contributed by atoms with E-state index in [-0.39, 0.29) is 20.1 Å². The van der Waals surface area contributed by atoms with Gasteiger partial charge in [0.15, 0.2) is 0 Å². The van der Waals surface area contributed by atoms with Gasteiger partial charge in [-0.3, -0.25) is 15.0 Å². The molecule has 0 bridgehead atoms. The fourth-order valence-corrected chi connectivity index (χ4v) is 6.76. The molecule has 3 aromatic heterocycles. The Morgan fingerprint density at radius 2 is 0.655 bits per heavy atom. The number of aryl methyl sites for hydroxylation is 6. The first-order valence-electron chi connectivity index (χ1n) is 18.9. The first-order valence-corrected chi connectivity index (χ1v) is 18.9. The van der Waals surface area contributed by atoms with Crippen LogP contribution in [0.3, 0.4) is 0 Å². The summed E-state index contributed by atoms with van der Waals surface area (Å²) >= 11 is 0. The molecule has 3 heterocycles. The molecule has 0 amide bonds. The predicted octanol–water partition coefficient (Wildman–Crippen LogP) is 11.6. The van der Waals surface area contributed by atoms with E-state index in [9.17, 15) is 0 Å². The topological polar surface area (TPSA) is 53.5 Å². The maximum Gasteiger partial charge on any atom is 3.00 e. The zero-order valence-corrected chi connectivity index (χ0v) is 36.0. The molecule has 7 heteroatoms. The third-order valence-electron chi connectivity index (χ3n) is 9.99. The normalized spacial score (nSPS) is 10.4. The number of hydrogen-bond acceptors (Lipinski definition) is 3. The van der Waals surface area contributed by atoms with Crippen LogP contribution in [0.1, 0.15) is 16.7 Å². The standard InChI is InChI=1S/3C17H15N2.Ir/c3*1-13-5-3-4-6-16(13)14-7-9-15(10-8-14)17-18-11-12-19(17)2;/h3*3-9,11-12H,1-2H3;/q3*-1;+3. The van der Waals surface area contributed by atoms with Crippen molar-refractivity contribution < 1.29 is 20.1 Å². The Morgan fingerprint density at radius 3 is 0.862 bits per heavy atom. The fraction of sp³-hybridized carbons (Fsp3) is 0.118. The Bertz CT molecular complexity index is 2380. The molecule has 0 atom stereocenters. The summed E-state index contributed by atoms with van der Waals surface area (Å²) in [6.07, 6.45) is 11.2. The molecule has 0 aliphatic rings. The minimum Gasteiger partial charge on any atom is -0.373 e. The molecule has 288 valence electrons. The van der Waals surface area contributed by atoms with Crippen molar-refractivity contribution in [1.82, 2.24) is 28.7 Å². The molecule has 0 saturated carbocycles. The third-order valence-corrected chi connectivity index (χ3v) is 9.99. The molecule has 58 heavy (non-hydrogen) atoms. The van der Waals surface area contributed by atoms with Crippen LogP contribution < -0.4 is 0 Å². The van der Waals surface area contributed by atoms with E-state index in [1.165, 1.54) is 50.1 Å². The van der Waals surface area contributed by atoms with E-state index in [1.807, 2.05) is 71.6 Å². The average Bonchev–Trinajstić information content (AvgIpc) is 4.00. The van der Waals surface area contributed by atoms with Crippen molar-refractivity contribution in [3.63, 3.8) is 0 Å². The van der Waals surface area contributed by atoms with Crippen molar-refractivity contribution in [2.75, 3.05) is 0 Å². The zero-order valence-electron chi connectivity index (χ0n) is 33.6. The van der Waals surface area contributed by atoms with Crippen molar-refractivity contribution in [3.8, 4) is 67.5 Å². The first-order chi connectivity index (χ1) is 27.8. The summed E-state index contributed by atoms with van der Waals surface area (Å²) < 4.78 is 6.00. The van der Waals surface area contributed by atoms with Crippen LogP contribution in [0.2, 0.25) is 0 Å². The van der Waals surface area contributed by atoms with Crippen molar-refractivity contribution in [2.45, 2.75) is 20.8 Å². The molecular formula is C51H45IrN6. The number of aromatic nitrogens is 6. The zero-order chi connectivity index (χ0) is 39.7. The van der Waals surface area contributed by atoms with E-state index in [0.29, 0.717) is 0 Å². The molecule has 6 nitrogen and oxygen atoms in total. The Balaban J connectivity index is 0.000000145. The van der Waals surface area contributed by atoms with Crippen LogP contribution in [-0.4, -0.2) is 28.7 Å². The van der Waals surface area contributed by atoms with E-state index >= 15 is 0 Å². The van der Waals surface area contributed by atoms with Gasteiger partial charge in [0.2, 0.25) is 0 Å². The van der Waals surface area contributed by atoms with Crippen molar-refractivity contribution in [3.05, 3.63) is 199 Å². The molecule has 9 rings (SSSR count). The Hall–Kier alpha value is -6.40. The van der Waals surface area contributed by atoms with Crippen LogP contribution in [0.4, 0.5) is 0 Å². The summed E-state index contributed by atoms with van der Waals surface area (Å²) in [5, 5.41) is 0. The number of imidazole rings is 3. The monoisotopic (exact) mass is 934 g/mol. The largest absolute Gasteiger partial charge is 3.00 e. The summed E-state index contributed by atoms with van der Waals surface area (Å²) in [6, 6.07) is 53.8. The minimum absolute atomic E-state index is 0. The Kier molecular flexibility index (Phi) is 13.6. The third kappa shape index (κ3) is 9.58. The van der Waals surface area contributed by atoms with Crippen LogP contribution >= 0.6 is 0 Å². The summed E-state index contributed by atoms with van der Waals surface area (Å²) in [4.78, 5) is 13.0. The number of rotatable bonds is 6. The molecule has 0 spiro atoms. The maximum atomic E-state index is 4.34. The van der Waals surface area contributed by atoms with Crippen molar-refractivity contribution in [1.29, 1.82) is 0 Å². The van der Waals surface area contributed by atoms with E-state index in [4.69, 9.17) is 0 Å². The van der Waals surface area contributed by atoms with Crippen LogP contribution in [0.25, 0.3) is 67.5 Å². The van der Waals surface area contributed by atoms with Gasteiger partial charge in [-0.25, -0.2) is 0 Å². The second-order valence-corrected chi connectivity index (χ2v) is 14.0. The van der Waals surface area contributed by atoms with Gasteiger partial charge in [0.1, 0.15) is 0 Å². The minimum atomic E-state index is 0. The van der Waals surface area contributed by atoms with Crippen LogP contribution in [0.5, 0.6) is 0 Å². The molecule has 0 aliphatic carbocycles. The molecule has 0 N–H and O–H groups in total. The van der Waals surface area contributed by atoms with Gasteiger partial charge in [-0.1, -0.05) is 123 Å².